The van der Waals surface area contributed by atoms with Gasteiger partial charge in [-0.15, -0.1) is 10.2 Å². The predicted molar refractivity (Wildman–Crippen MR) is 146 cm³/mol. The number of amides is 1. The lowest BCUT2D eigenvalue weighted by Crippen LogP contribution is -2.33. The van der Waals surface area contributed by atoms with E-state index in [0.717, 1.165) is 37.9 Å². The van der Waals surface area contributed by atoms with Gasteiger partial charge in [0.15, 0.2) is 11.5 Å². The molecule has 1 aliphatic carbocycles. The maximum atomic E-state index is 16.9. The Morgan fingerprint density at radius 2 is 1.95 bits per heavy atom. The van der Waals surface area contributed by atoms with Crippen LogP contribution in [0.3, 0.4) is 0 Å². The predicted octanol–water partition coefficient (Wildman–Crippen LogP) is 6.25. The van der Waals surface area contributed by atoms with E-state index in [-0.39, 0.29) is 23.5 Å². The Morgan fingerprint density at radius 1 is 1.10 bits per heavy atom. The number of nitrogens with zero attached hydrogens (tertiary/aromatic N) is 5. The molecular formula is C31H31F2N5O. The van der Waals surface area contributed by atoms with Crippen LogP contribution in [0.25, 0.3) is 10.8 Å². The van der Waals surface area contributed by atoms with E-state index in [1.54, 1.807) is 40.8 Å². The van der Waals surface area contributed by atoms with Gasteiger partial charge in [-0.2, -0.15) is 0 Å². The monoisotopic (exact) mass is 527 g/mol. The molecule has 0 radical (unpaired) electrons. The molecule has 8 heteroatoms. The Labute approximate surface area is 226 Å². The third-order valence-electron chi connectivity index (χ3n) is 8.62. The molecule has 0 N–H and O–H groups in total. The lowest BCUT2D eigenvalue weighted by atomic mass is 9.89. The van der Waals surface area contributed by atoms with E-state index in [1.165, 1.54) is 18.8 Å². The molecule has 1 saturated heterocycles. The zero-order valence-corrected chi connectivity index (χ0v) is 22.2. The maximum absolute atomic E-state index is 16.9. The quantitative estimate of drug-likeness (QED) is 0.297. The van der Waals surface area contributed by atoms with E-state index in [9.17, 15) is 4.79 Å². The van der Waals surface area contributed by atoms with Crippen LogP contribution < -0.4 is 4.90 Å². The summed E-state index contributed by atoms with van der Waals surface area (Å²) < 4.78 is 33.6. The number of carbonyl (C=O) groups excluding carboxylic acids is 1. The molecule has 6 nitrogen and oxygen atoms in total. The summed E-state index contributed by atoms with van der Waals surface area (Å²) in [5, 5.41) is 9.10. The van der Waals surface area contributed by atoms with Crippen molar-refractivity contribution in [2.24, 2.45) is 18.9 Å². The largest absolute Gasteiger partial charge is 0.318 e. The molecule has 7 rings (SSSR count). The van der Waals surface area contributed by atoms with Crippen LogP contribution in [0.1, 0.15) is 59.9 Å². The number of alkyl halides is 1. The van der Waals surface area contributed by atoms with E-state index >= 15 is 8.78 Å². The molecule has 200 valence electrons. The van der Waals surface area contributed by atoms with E-state index in [1.807, 2.05) is 18.2 Å². The van der Waals surface area contributed by atoms with Gasteiger partial charge in [0, 0.05) is 42.5 Å². The topological polar surface area (TPSA) is 54.3 Å². The molecule has 2 fully saturated rings. The van der Waals surface area contributed by atoms with Crippen molar-refractivity contribution in [1.29, 1.82) is 0 Å². The highest BCUT2D eigenvalue weighted by molar-refractivity contribution is 6.28. The lowest BCUT2D eigenvalue weighted by molar-refractivity contribution is 0.100. The van der Waals surface area contributed by atoms with Crippen molar-refractivity contribution in [3.8, 4) is 0 Å². The number of anilines is 2. The van der Waals surface area contributed by atoms with Gasteiger partial charge < -0.3 is 4.57 Å². The average molecular weight is 528 g/mol. The molecular weight excluding hydrogens is 496 g/mol. The van der Waals surface area contributed by atoms with Gasteiger partial charge in [-0.1, -0.05) is 19.1 Å². The Bertz CT molecular complexity index is 1610. The van der Waals surface area contributed by atoms with Gasteiger partial charge in [0.05, 0.1) is 11.3 Å². The smallest absolute Gasteiger partial charge is 0.263 e. The summed E-state index contributed by atoms with van der Waals surface area (Å²) in [7, 11) is 1.74. The summed E-state index contributed by atoms with van der Waals surface area (Å²) in [4.78, 5) is 17.9. The van der Waals surface area contributed by atoms with Crippen LogP contribution in [0.2, 0.25) is 0 Å². The van der Waals surface area contributed by atoms with Crippen molar-refractivity contribution >= 4 is 28.1 Å². The first kappa shape index (κ1) is 24.4. The highest BCUT2D eigenvalue weighted by Gasteiger charge is 2.52. The van der Waals surface area contributed by atoms with Crippen LogP contribution in [0.15, 0.2) is 54.9 Å². The summed E-state index contributed by atoms with van der Waals surface area (Å²) in [6.07, 6.45) is 5.40. The summed E-state index contributed by atoms with van der Waals surface area (Å²) in [6, 6.07) is 14.0. The third kappa shape index (κ3) is 3.87. The second kappa shape index (κ2) is 8.95. The fourth-order valence-electron chi connectivity index (χ4n) is 6.62. The molecule has 39 heavy (non-hydrogen) atoms. The molecule has 2 aliphatic heterocycles. The van der Waals surface area contributed by atoms with Crippen LogP contribution >= 0.6 is 0 Å². The molecule has 3 heterocycles. The SMILES string of the molecule is C[C@H]1CCCN(Cc2cc3c4c(ccc(F)c4c2)N(c2cccc(C(F)(c4nncn4C)C4CC4)c2)C3=O)C1. The minimum atomic E-state index is -1.81. The van der Waals surface area contributed by atoms with Gasteiger partial charge in [-0.05, 0) is 85.7 Å². The second-order valence-electron chi connectivity index (χ2n) is 11.6. The molecule has 3 aliphatic rings. The van der Waals surface area contributed by atoms with Crippen LogP contribution in [0.5, 0.6) is 0 Å². The van der Waals surface area contributed by atoms with Crippen molar-refractivity contribution in [1.82, 2.24) is 19.7 Å². The molecule has 0 bridgehead atoms. The van der Waals surface area contributed by atoms with Crippen molar-refractivity contribution in [3.63, 3.8) is 0 Å². The number of benzene rings is 3. The zero-order chi connectivity index (χ0) is 26.9. The van der Waals surface area contributed by atoms with Crippen molar-refractivity contribution in [3.05, 3.63) is 83.2 Å². The Kier molecular flexibility index (Phi) is 5.60. The normalized spacial score (nSPS) is 21.1. The Hall–Kier alpha value is -3.65. The average Bonchev–Trinajstić information content (AvgIpc) is 3.64. The summed E-state index contributed by atoms with van der Waals surface area (Å²) in [6.45, 7) is 4.95. The zero-order valence-electron chi connectivity index (χ0n) is 22.2. The number of aromatic nitrogens is 3. The molecule has 3 aromatic carbocycles. The lowest BCUT2D eigenvalue weighted by Gasteiger charge is -2.30. The van der Waals surface area contributed by atoms with Gasteiger partial charge in [0.1, 0.15) is 12.1 Å². The molecule has 1 saturated carbocycles. The van der Waals surface area contributed by atoms with Crippen LogP contribution in [0.4, 0.5) is 20.2 Å². The first-order valence-electron chi connectivity index (χ1n) is 13.8. The van der Waals surface area contributed by atoms with Crippen molar-refractivity contribution in [2.45, 2.75) is 44.8 Å². The standard InChI is InChI=1S/C31H31F2N5O/c1-19-5-4-12-37(16-19)17-20-13-24-26(32)10-11-27-28(24)25(14-20)29(39)38(27)23-7-3-6-22(15-23)31(33,21-8-9-21)30-35-34-18-36(30)2/h3,6-7,10-11,13-15,18-19,21H,4-5,8-9,12,16-17H2,1-2H3/t19-,31?/m0/s1. The summed E-state index contributed by atoms with van der Waals surface area (Å²) in [5.74, 6) is 0.132. The highest BCUT2D eigenvalue weighted by Crippen LogP contribution is 2.53. The van der Waals surface area contributed by atoms with E-state index in [0.29, 0.717) is 45.7 Å². The van der Waals surface area contributed by atoms with Gasteiger partial charge >= 0.3 is 0 Å². The number of carbonyl (C=O) groups is 1. The summed E-state index contributed by atoms with van der Waals surface area (Å²) >= 11 is 0. The molecule has 2 atom stereocenters. The minimum Gasteiger partial charge on any atom is -0.318 e. The van der Waals surface area contributed by atoms with E-state index in [4.69, 9.17) is 0 Å². The summed E-state index contributed by atoms with van der Waals surface area (Å²) in [5.41, 5.74) is 1.24. The van der Waals surface area contributed by atoms with Gasteiger partial charge in [0.2, 0.25) is 0 Å². The number of hydrogen-bond acceptors (Lipinski definition) is 4. The highest BCUT2D eigenvalue weighted by atomic mass is 19.1. The number of halogens is 2. The van der Waals surface area contributed by atoms with Gasteiger partial charge in [-0.3, -0.25) is 14.6 Å². The van der Waals surface area contributed by atoms with Gasteiger partial charge in [-0.25, -0.2) is 8.78 Å². The molecule has 0 spiro atoms. The maximum Gasteiger partial charge on any atom is 0.263 e. The van der Waals surface area contributed by atoms with E-state index < -0.39 is 5.67 Å². The molecule has 1 aromatic heterocycles. The van der Waals surface area contributed by atoms with Crippen molar-refractivity contribution in [2.75, 3.05) is 18.0 Å². The minimum absolute atomic E-state index is 0.195. The van der Waals surface area contributed by atoms with Crippen molar-refractivity contribution < 1.29 is 13.6 Å². The van der Waals surface area contributed by atoms with Crippen LogP contribution in [-0.4, -0.2) is 38.7 Å². The molecule has 1 unspecified atom stereocenters. The first-order valence-corrected chi connectivity index (χ1v) is 13.8. The second-order valence-corrected chi connectivity index (χ2v) is 11.6. The van der Waals surface area contributed by atoms with Gasteiger partial charge in [0.25, 0.3) is 5.91 Å². The third-order valence-corrected chi connectivity index (χ3v) is 8.62. The molecule has 1 amide bonds. The number of hydrogen-bond donors (Lipinski definition) is 0. The number of rotatable bonds is 6. The fourth-order valence-corrected chi connectivity index (χ4v) is 6.62. The Morgan fingerprint density at radius 3 is 2.69 bits per heavy atom. The fraction of sp³-hybridized carbons (Fsp3) is 0.387. The van der Waals surface area contributed by atoms with Crippen LogP contribution in [-0.2, 0) is 19.3 Å². The van der Waals surface area contributed by atoms with Crippen LogP contribution in [0, 0.1) is 17.7 Å². The number of aryl methyl sites for hydroxylation is 1. The number of piperidine rings is 1. The Balaban J connectivity index is 1.29. The van der Waals surface area contributed by atoms with E-state index in [2.05, 4.69) is 22.0 Å². The molecule has 4 aromatic rings. The first-order chi connectivity index (χ1) is 18.8. The number of likely N-dealkylation sites (tertiary alicyclic amines) is 1.